The third-order valence-corrected chi connectivity index (χ3v) is 6.60. The zero-order valence-corrected chi connectivity index (χ0v) is 21.4. The maximum Gasteiger partial charge on any atom is 0.254 e. The molecule has 3 aromatic rings. The van der Waals surface area contributed by atoms with Crippen molar-refractivity contribution in [3.05, 3.63) is 77.4 Å². The van der Waals surface area contributed by atoms with E-state index in [0.717, 1.165) is 24.1 Å². The molecule has 1 fully saturated rings. The number of aromatic nitrogens is 2. The predicted molar refractivity (Wildman–Crippen MR) is 140 cm³/mol. The van der Waals surface area contributed by atoms with E-state index in [-0.39, 0.29) is 35.9 Å². The van der Waals surface area contributed by atoms with E-state index < -0.39 is 17.1 Å². The van der Waals surface area contributed by atoms with E-state index in [9.17, 15) is 14.7 Å². The van der Waals surface area contributed by atoms with Gasteiger partial charge < -0.3 is 15.7 Å². The predicted octanol–water partition coefficient (Wildman–Crippen LogP) is 5.22. The molecule has 8 heteroatoms. The number of amides is 2. The highest BCUT2D eigenvalue weighted by Gasteiger charge is 2.26. The molecule has 1 aliphatic rings. The number of nitrogens with one attached hydrogen (secondary N) is 2. The minimum Gasteiger partial charge on any atom is -0.393 e. The second-order valence-corrected chi connectivity index (χ2v) is 10.6. The second-order valence-electron chi connectivity index (χ2n) is 10.6. The van der Waals surface area contributed by atoms with Crippen LogP contribution >= 0.6 is 0 Å². The highest BCUT2D eigenvalue weighted by Crippen LogP contribution is 2.35. The number of anilines is 1. The molecule has 37 heavy (non-hydrogen) atoms. The average molecular weight is 505 g/mol. The molecule has 7 nitrogen and oxygen atoms in total. The van der Waals surface area contributed by atoms with Gasteiger partial charge in [-0.2, -0.15) is 0 Å². The highest BCUT2D eigenvalue weighted by molar-refractivity contribution is 5.97. The van der Waals surface area contributed by atoms with E-state index >= 15 is 4.39 Å². The average Bonchev–Trinajstić information content (AvgIpc) is 2.88. The summed E-state index contributed by atoms with van der Waals surface area (Å²) in [6, 6.07) is 13.7. The first-order valence-corrected chi connectivity index (χ1v) is 12.6. The van der Waals surface area contributed by atoms with Crippen LogP contribution in [0.3, 0.4) is 0 Å². The summed E-state index contributed by atoms with van der Waals surface area (Å²) < 4.78 is 15.2. The zero-order chi connectivity index (χ0) is 26.6. The smallest absolute Gasteiger partial charge is 0.254 e. The van der Waals surface area contributed by atoms with Crippen LogP contribution in [0.25, 0.3) is 11.3 Å². The van der Waals surface area contributed by atoms with Crippen molar-refractivity contribution in [1.82, 2.24) is 15.3 Å². The lowest BCUT2D eigenvalue weighted by atomic mass is 9.85. The lowest BCUT2D eigenvalue weighted by molar-refractivity contribution is -0.123. The Morgan fingerprint density at radius 3 is 2.41 bits per heavy atom. The Hall–Kier alpha value is -3.65. The summed E-state index contributed by atoms with van der Waals surface area (Å²) in [6.07, 6.45) is 4.27. The first kappa shape index (κ1) is 26.4. The van der Waals surface area contributed by atoms with Crippen molar-refractivity contribution in [3.8, 4) is 11.3 Å². The summed E-state index contributed by atoms with van der Waals surface area (Å²) in [5, 5.41) is 15.4. The molecule has 1 aromatic heterocycles. The molecule has 2 aromatic carbocycles. The van der Waals surface area contributed by atoms with Crippen LogP contribution in [-0.2, 0) is 11.3 Å². The van der Waals surface area contributed by atoms with Gasteiger partial charge in [-0.1, -0.05) is 57.2 Å². The van der Waals surface area contributed by atoms with Gasteiger partial charge in [0, 0.05) is 23.4 Å². The number of hydrogen-bond donors (Lipinski definition) is 3. The maximum atomic E-state index is 15.2. The number of hydrogen-bond acceptors (Lipinski definition) is 5. The fourth-order valence-corrected chi connectivity index (χ4v) is 4.28. The van der Waals surface area contributed by atoms with Crippen LogP contribution in [0.1, 0.15) is 74.0 Å². The summed E-state index contributed by atoms with van der Waals surface area (Å²) >= 11 is 0. The molecule has 0 aliphatic heterocycles. The molecule has 1 heterocycles. The topological polar surface area (TPSA) is 104 Å². The summed E-state index contributed by atoms with van der Waals surface area (Å²) in [5.41, 5.74) is 1.66. The molecule has 2 amide bonds. The number of benzene rings is 2. The van der Waals surface area contributed by atoms with Crippen molar-refractivity contribution in [3.63, 3.8) is 0 Å². The Morgan fingerprint density at radius 2 is 1.76 bits per heavy atom. The molecule has 4 rings (SSSR count). The first-order valence-electron chi connectivity index (χ1n) is 12.6. The summed E-state index contributed by atoms with van der Waals surface area (Å²) in [6.45, 7) is 5.66. The van der Waals surface area contributed by atoms with Crippen molar-refractivity contribution < 1.29 is 19.1 Å². The summed E-state index contributed by atoms with van der Waals surface area (Å²) in [5.74, 6) is -1.09. The van der Waals surface area contributed by atoms with E-state index in [1.807, 2.05) is 30.3 Å². The van der Waals surface area contributed by atoms with Crippen molar-refractivity contribution in [1.29, 1.82) is 0 Å². The van der Waals surface area contributed by atoms with Gasteiger partial charge in [-0.05, 0) is 43.4 Å². The molecule has 0 unspecified atom stereocenters. The lowest BCUT2D eigenvalue weighted by Crippen LogP contribution is -2.28. The van der Waals surface area contributed by atoms with Crippen LogP contribution < -0.4 is 10.6 Å². The highest BCUT2D eigenvalue weighted by atomic mass is 19.1. The lowest BCUT2D eigenvalue weighted by Gasteiger charge is -2.25. The zero-order valence-electron chi connectivity index (χ0n) is 21.4. The Kier molecular flexibility index (Phi) is 7.97. The third kappa shape index (κ3) is 6.57. The van der Waals surface area contributed by atoms with Crippen molar-refractivity contribution >= 4 is 17.6 Å². The summed E-state index contributed by atoms with van der Waals surface area (Å²) in [4.78, 5) is 34.6. The van der Waals surface area contributed by atoms with Gasteiger partial charge in [0.05, 0.1) is 23.6 Å². The maximum absolute atomic E-state index is 15.2. The van der Waals surface area contributed by atoms with Crippen LogP contribution in [0, 0.1) is 11.2 Å². The van der Waals surface area contributed by atoms with E-state index in [2.05, 4.69) is 15.6 Å². The first-order chi connectivity index (χ1) is 17.6. The fourth-order valence-electron chi connectivity index (χ4n) is 4.28. The minimum atomic E-state index is -0.691. The molecule has 194 valence electrons. The molecule has 0 atom stereocenters. The Balaban J connectivity index is 1.62. The van der Waals surface area contributed by atoms with Gasteiger partial charge in [-0.15, -0.1) is 0 Å². The molecular formula is C29H33FN4O3. The minimum absolute atomic E-state index is 0.0784. The standard InChI is InChI=1S/C29H33FN4O3/c1-29(2,3)28(37)34-26-25(33-24(17-31-26)19-9-12-21(35)13-10-19)20-11-14-22(23(30)15-20)27(36)32-16-18-7-5-4-6-8-18/h4-8,11,14-15,17,19,21,35H,9-10,12-13,16H2,1-3H3,(H,32,36)(H,31,34,37). The molecule has 1 aliphatic carbocycles. The number of rotatable bonds is 6. The monoisotopic (exact) mass is 504 g/mol. The van der Waals surface area contributed by atoms with Gasteiger partial charge in [-0.3, -0.25) is 9.59 Å². The van der Waals surface area contributed by atoms with Crippen LogP contribution in [0.5, 0.6) is 0 Å². The third-order valence-electron chi connectivity index (χ3n) is 6.60. The van der Waals surface area contributed by atoms with Crippen LogP contribution in [0.2, 0.25) is 0 Å². The number of nitrogens with zero attached hydrogens (tertiary/aromatic N) is 2. The largest absolute Gasteiger partial charge is 0.393 e. The van der Waals surface area contributed by atoms with Crippen molar-refractivity contribution in [2.75, 3.05) is 5.32 Å². The van der Waals surface area contributed by atoms with Gasteiger partial charge in [0.2, 0.25) is 5.91 Å². The SMILES string of the molecule is CC(C)(C)C(=O)Nc1ncc(C2CCC(O)CC2)nc1-c1ccc(C(=O)NCc2ccccc2)c(F)c1. The van der Waals surface area contributed by atoms with Gasteiger partial charge in [0.1, 0.15) is 11.5 Å². The summed E-state index contributed by atoms with van der Waals surface area (Å²) in [7, 11) is 0. The normalized spacial score (nSPS) is 17.8. The Labute approximate surface area is 216 Å². The van der Waals surface area contributed by atoms with E-state index in [1.165, 1.54) is 12.1 Å². The number of carbonyl (C=O) groups is 2. The van der Waals surface area contributed by atoms with Crippen LogP contribution in [0.4, 0.5) is 10.2 Å². The molecule has 0 radical (unpaired) electrons. The molecule has 0 spiro atoms. The number of halogens is 1. The Bertz CT molecular complexity index is 1270. The van der Waals surface area contributed by atoms with E-state index in [4.69, 9.17) is 4.98 Å². The molecule has 3 N–H and O–H groups in total. The van der Waals surface area contributed by atoms with Gasteiger partial charge in [-0.25, -0.2) is 14.4 Å². The van der Waals surface area contributed by atoms with Crippen LogP contribution in [0.15, 0.2) is 54.7 Å². The molecule has 0 bridgehead atoms. The van der Waals surface area contributed by atoms with Gasteiger partial charge >= 0.3 is 0 Å². The van der Waals surface area contributed by atoms with E-state index in [0.29, 0.717) is 24.1 Å². The van der Waals surface area contributed by atoms with Gasteiger partial charge in [0.15, 0.2) is 5.82 Å². The number of aliphatic hydroxyl groups excluding tert-OH is 1. The second kappa shape index (κ2) is 11.2. The Morgan fingerprint density at radius 1 is 1.05 bits per heavy atom. The molecule has 0 saturated heterocycles. The molecule has 1 saturated carbocycles. The van der Waals surface area contributed by atoms with Crippen molar-refractivity contribution in [2.24, 2.45) is 5.41 Å². The fraction of sp³-hybridized carbons (Fsp3) is 0.379. The quantitative estimate of drug-likeness (QED) is 0.427. The number of carbonyl (C=O) groups excluding carboxylic acids is 2. The number of aliphatic hydroxyl groups is 1. The van der Waals surface area contributed by atoms with Gasteiger partial charge in [0.25, 0.3) is 5.91 Å². The van der Waals surface area contributed by atoms with Crippen molar-refractivity contribution in [2.45, 2.75) is 65.0 Å². The van der Waals surface area contributed by atoms with E-state index in [1.54, 1.807) is 33.0 Å². The van der Waals surface area contributed by atoms with Crippen LogP contribution in [-0.4, -0.2) is 33.0 Å². The molecular weight excluding hydrogens is 471 g/mol.